The summed E-state index contributed by atoms with van der Waals surface area (Å²) in [6.07, 6.45) is 4.38. The van der Waals surface area contributed by atoms with Gasteiger partial charge in [0.1, 0.15) is 5.75 Å². The lowest BCUT2D eigenvalue weighted by molar-refractivity contribution is -0.118. The molecule has 1 aromatic rings. The van der Waals surface area contributed by atoms with Gasteiger partial charge >= 0.3 is 0 Å². The van der Waals surface area contributed by atoms with Gasteiger partial charge in [0.2, 0.25) is 5.91 Å². The number of amides is 1. The van der Waals surface area contributed by atoms with Gasteiger partial charge in [-0.15, -0.1) is 0 Å². The van der Waals surface area contributed by atoms with Crippen molar-refractivity contribution in [2.45, 2.75) is 13.3 Å². The van der Waals surface area contributed by atoms with E-state index in [4.69, 9.17) is 5.73 Å². The Morgan fingerprint density at radius 2 is 2.31 bits per heavy atom. The first-order chi connectivity index (χ1) is 7.61. The van der Waals surface area contributed by atoms with Crippen molar-refractivity contribution in [3.8, 4) is 5.75 Å². The molecule has 1 amide bonds. The van der Waals surface area contributed by atoms with Crippen LogP contribution >= 0.6 is 0 Å². The average Bonchev–Trinajstić information content (AvgIpc) is 2.23. The van der Waals surface area contributed by atoms with Crippen LogP contribution in [-0.2, 0) is 4.79 Å². The predicted octanol–water partition coefficient (Wildman–Crippen LogP) is 1.51. The predicted molar refractivity (Wildman–Crippen MR) is 64.9 cm³/mol. The van der Waals surface area contributed by atoms with E-state index in [1.165, 1.54) is 6.92 Å². The number of nitrogen functional groups attached to an aromatic ring is 1. The van der Waals surface area contributed by atoms with Crippen molar-refractivity contribution >= 4 is 17.7 Å². The third-order valence-electron chi connectivity index (χ3n) is 2.08. The molecule has 0 saturated heterocycles. The highest BCUT2D eigenvalue weighted by Gasteiger charge is 1.99. The van der Waals surface area contributed by atoms with Crippen LogP contribution in [0, 0.1) is 0 Å². The Kier molecular flexibility index (Phi) is 4.39. The van der Waals surface area contributed by atoms with Crippen LogP contribution in [0.3, 0.4) is 0 Å². The van der Waals surface area contributed by atoms with Crippen LogP contribution in [0.4, 0.5) is 5.69 Å². The highest BCUT2D eigenvalue weighted by molar-refractivity contribution is 5.72. The molecule has 0 aliphatic heterocycles. The van der Waals surface area contributed by atoms with Gasteiger partial charge in [0, 0.05) is 19.0 Å². The highest BCUT2D eigenvalue weighted by Crippen LogP contribution is 2.25. The van der Waals surface area contributed by atoms with E-state index in [1.54, 1.807) is 24.3 Å². The minimum atomic E-state index is -0.0415. The first-order valence-corrected chi connectivity index (χ1v) is 5.09. The smallest absolute Gasteiger partial charge is 0.216 e. The van der Waals surface area contributed by atoms with Crippen LogP contribution in [-0.4, -0.2) is 17.6 Å². The topological polar surface area (TPSA) is 75.4 Å². The van der Waals surface area contributed by atoms with Gasteiger partial charge < -0.3 is 16.2 Å². The summed E-state index contributed by atoms with van der Waals surface area (Å²) in [4.78, 5) is 10.6. The Bertz CT molecular complexity index is 400. The number of nitrogens with two attached hydrogens (primary N) is 1. The van der Waals surface area contributed by atoms with E-state index in [0.717, 1.165) is 0 Å². The number of carbonyl (C=O) groups excluding carboxylic acids is 1. The fraction of sp³-hybridized carbons (Fsp3) is 0.250. The second kappa shape index (κ2) is 5.80. The summed E-state index contributed by atoms with van der Waals surface area (Å²) in [5.41, 5.74) is 6.60. The summed E-state index contributed by atoms with van der Waals surface area (Å²) in [5, 5.41) is 12.3. The van der Waals surface area contributed by atoms with E-state index in [1.807, 2.05) is 6.08 Å². The second-order valence-corrected chi connectivity index (χ2v) is 3.46. The molecule has 16 heavy (non-hydrogen) atoms. The maximum absolute atomic E-state index is 10.6. The van der Waals surface area contributed by atoms with Crippen molar-refractivity contribution < 1.29 is 9.90 Å². The monoisotopic (exact) mass is 220 g/mol. The molecule has 0 heterocycles. The molecule has 0 aromatic heterocycles. The summed E-state index contributed by atoms with van der Waals surface area (Å²) in [7, 11) is 0. The Balaban J connectivity index is 2.50. The normalized spacial score (nSPS) is 10.6. The van der Waals surface area contributed by atoms with Gasteiger partial charge in [-0.25, -0.2) is 0 Å². The number of phenolic OH excluding ortho intramolecular Hbond substituents is 1. The van der Waals surface area contributed by atoms with Crippen LogP contribution < -0.4 is 11.1 Å². The molecule has 0 saturated carbocycles. The minimum absolute atomic E-state index is 0.0415. The lowest BCUT2D eigenvalue weighted by atomic mass is 10.1. The van der Waals surface area contributed by atoms with E-state index in [9.17, 15) is 9.90 Å². The van der Waals surface area contributed by atoms with Crippen molar-refractivity contribution in [3.05, 3.63) is 29.8 Å². The highest BCUT2D eigenvalue weighted by atomic mass is 16.3. The maximum atomic E-state index is 10.6. The number of nitrogens with one attached hydrogen (secondary N) is 1. The number of hydrogen-bond donors (Lipinski definition) is 3. The summed E-state index contributed by atoms with van der Waals surface area (Å²) >= 11 is 0. The van der Waals surface area contributed by atoms with Crippen molar-refractivity contribution in [2.24, 2.45) is 0 Å². The van der Waals surface area contributed by atoms with Gasteiger partial charge in [0.15, 0.2) is 0 Å². The van der Waals surface area contributed by atoms with Gasteiger partial charge in [-0.2, -0.15) is 0 Å². The van der Waals surface area contributed by atoms with E-state index < -0.39 is 0 Å². The van der Waals surface area contributed by atoms with Crippen molar-refractivity contribution in [3.63, 3.8) is 0 Å². The molecule has 0 aliphatic rings. The van der Waals surface area contributed by atoms with Gasteiger partial charge in [-0.1, -0.05) is 24.3 Å². The third kappa shape index (κ3) is 3.65. The molecule has 0 radical (unpaired) electrons. The standard InChI is InChI=1S/C12H16N2O2/c1-9(15)14-8-3-2-5-10-6-4-7-11(13)12(10)16/h2,4-7,16H,3,8,13H2,1H3,(H,14,15). The largest absolute Gasteiger partial charge is 0.505 e. The Morgan fingerprint density at radius 1 is 1.56 bits per heavy atom. The van der Waals surface area contributed by atoms with Gasteiger partial charge in [0.05, 0.1) is 5.69 Å². The molecule has 0 aliphatic carbocycles. The Hall–Kier alpha value is -1.97. The van der Waals surface area contributed by atoms with Crippen LogP contribution in [0.15, 0.2) is 24.3 Å². The lowest BCUT2D eigenvalue weighted by Gasteiger charge is -2.02. The molecule has 86 valence electrons. The number of aromatic hydroxyl groups is 1. The van der Waals surface area contributed by atoms with Gasteiger partial charge in [0.25, 0.3) is 0 Å². The molecule has 0 fully saturated rings. The maximum Gasteiger partial charge on any atom is 0.216 e. The summed E-state index contributed by atoms with van der Waals surface area (Å²) in [6.45, 7) is 2.07. The fourth-order valence-corrected chi connectivity index (χ4v) is 1.26. The number of phenols is 1. The molecular weight excluding hydrogens is 204 g/mol. The number of rotatable bonds is 4. The lowest BCUT2D eigenvalue weighted by Crippen LogP contribution is -2.20. The number of carbonyl (C=O) groups is 1. The van der Waals surface area contributed by atoms with Crippen LogP contribution in [0.2, 0.25) is 0 Å². The van der Waals surface area contributed by atoms with Crippen LogP contribution in [0.1, 0.15) is 18.9 Å². The second-order valence-electron chi connectivity index (χ2n) is 3.46. The minimum Gasteiger partial charge on any atom is -0.505 e. The molecular formula is C12H16N2O2. The molecule has 1 rings (SSSR count). The van der Waals surface area contributed by atoms with E-state index in [2.05, 4.69) is 5.32 Å². The number of hydrogen-bond acceptors (Lipinski definition) is 3. The summed E-state index contributed by atoms with van der Waals surface area (Å²) in [5.74, 6) is 0.0541. The molecule has 0 unspecified atom stereocenters. The fourth-order valence-electron chi connectivity index (χ4n) is 1.26. The van der Waals surface area contributed by atoms with Crippen molar-refractivity contribution in [2.75, 3.05) is 12.3 Å². The van der Waals surface area contributed by atoms with E-state index in [0.29, 0.717) is 24.2 Å². The van der Waals surface area contributed by atoms with E-state index >= 15 is 0 Å². The third-order valence-corrected chi connectivity index (χ3v) is 2.08. The SMILES string of the molecule is CC(=O)NCCC=Cc1cccc(N)c1O. The van der Waals surface area contributed by atoms with Gasteiger partial charge in [-0.05, 0) is 12.5 Å². The number of benzene rings is 1. The average molecular weight is 220 g/mol. The zero-order valence-corrected chi connectivity index (χ0v) is 9.23. The van der Waals surface area contributed by atoms with E-state index in [-0.39, 0.29) is 11.7 Å². The Morgan fingerprint density at radius 3 is 3.00 bits per heavy atom. The number of anilines is 1. The van der Waals surface area contributed by atoms with Crippen LogP contribution in [0.5, 0.6) is 5.75 Å². The summed E-state index contributed by atoms with van der Waals surface area (Å²) < 4.78 is 0. The molecule has 4 N–H and O–H groups in total. The van der Waals surface area contributed by atoms with Crippen molar-refractivity contribution in [1.82, 2.24) is 5.32 Å². The first-order valence-electron chi connectivity index (χ1n) is 5.09. The molecule has 0 bridgehead atoms. The van der Waals surface area contributed by atoms with Crippen molar-refractivity contribution in [1.29, 1.82) is 0 Å². The molecule has 4 heteroatoms. The summed E-state index contributed by atoms with van der Waals surface area (Å²) in [6, 6.07) is 5.20. The zero-order chi connectivity index (χ0) is 12.0. The quantitative estimate of drug-likeness (QED) is 0.409. The zero-order valence-electron chi connectivity index (χ0n) is 9.23. The van der Waals surface area contributed by atoms with Gasteiger partial charge in [-0.3, -0.25) is 4.79 Å². The molecule has 4 nitrogen and oxygen atoms in total. The molecule has 0 spiro atoms. The van der Waals surface area contributed by atoms with Crippen LogP contribution in [0.25, 0.3) is 6.08 Å². The first kappa shape index (κ1) is 12.1. The molecule has 1 aromatic carbocycles. The molecule has 0 atom stereocenters. The number of para-hydroxylation sites is 1. The Labute approximate surface area is 94.8 Å².